The first-order valence-electron chi connectivity index (χ1n) is 8.66. The summed E-state index contributed by atoms with van der Waals surface area (Å²) in [7, 11) is -1.96. The van der Waals surface area contributed by atoms with Crippen LogP contribution in [0.2, 0.25) is 19.6 Å². The van der Waals surface area contributed by atoms with Crippen molar-refractivity contribution in [2.75, 3.05) is 13.1 Å². The topological polar surface area (TPSA) is 46.6 Å². The minimum Gasteiger partial charge on any atom is -0.457 e. The normalized spacial score (nSPS) is 15.5. The molecule has 0 fully saturated rings. The second-order valence-electron chi connectivity index (χ2n) is 7.06. The number of esters is 1. The maximum absolute atomic E-state index is 12.7. The first-order chi connectivity index (χ1) is 10.7. The van der Waals surface area contributed by atoms with Crippen molar-refractivity contribution in [3.8, 4) is 0 Å². The maximum Gasteiger partial charge on any atom is 0.332 e. The van der Waals surface area contributed by atoms with Crippen molar-refractivity contribution in [1.29, 1.82) is 0 Å². The first kappa shape index (κ1) is 17.0. The summed E-state index contributed by atoms with van der Waals surface area (Å²) >= 11 is 0. The van der Waals surface area contributed by atoms with Gasteiger partial charge in [-0.1, -0.05) is 31.4 Å². The van der Waals surface area contributed by atoms with E-state index in [1.54, 1.807) is 20.8 Å². The van der Waals surface area contributed by atoms with Gasteiger partial charge < -0.3 is 9.64 Å². The van der Waals surface area contributed by atoms with Crippen molar-refractivity contribution in [2.45, 2.75) is 59.9 Å². The maximum atomic E-state index is 12.7. The van der Waals surface area contributed by atoms with E-state index in [1.165, 1.54) is 11.0 Å². The van der Waals surface area contributed by atoms with Crippen LogP contribution in [0.25, 0.3) is 0 Å². The zero-order valence-electron chi connectivity index (χ0n) is 17.2. The Hall–Kier alpha value is -1.36. The van der Waals surface area contributed by atoms with Gasteiger partial charge in [-0.25, -0.2) is 4.79 Å². The summed E-state index contributed by atoms with van der Waals surface area (Å²) in [6.45, 7) is 15.6. The molecule has 0 aromatic rings. The summed E-state index contributed by atoms with van der Waals surface area (Å²) in [5.74, 6) is -1.27. The van der Waals surface area contributed by atoms with E-state index in [-0.39, 0.29) is 5.57 Å². The van der Waals surface area contributed by atoms with E-state index in [9.17, 15) is 9.59 Å². The van der Waals surface area contributed by atoms with Gasteiger partial charge >= 0.3 is 5.97 Å². The highest BCUT2D eigenvalue weighted by atomic mass is 28.3. The Morgan fingerprint density at radius 1 is 1.18 bits per heavy atom. The zero-order chi connectivity index (χ0) is 19.3. The van der Waals surface area contributed by atoms with Crippen LogP contribution in [0.1, 0.15) is 37.4 Å². The number of likely N-dealkylation sites (N-methyl/N-ethyl adjacent to an activating group) is 1. The number of hydrogen-bond acceptors (Lipinski definition) is 3. The van der Waals surface area contributed by atoms with E-state index in [1.807, 2.05) is 33.5 Å². The molecular weight excluding hydrogens is 294 g/mol. The summed E-state index contributed by atoms with van der Waals surface area (Å²) in [4.78, 5) is 26.5. The third-order valence-electron chi connectivity index (χ3n) is 2.57. The number of carbonyl (C=O) groups excluding carboxylic acids is 2. The van der Waals surface area contributed by atoms with Crippen LogP contribution in [0.3, 0.4) is 0 Å². The molecule has 0 aliphatic carbocycles. The van der Waals surface area contributed by atoms with Crippen LogP contribution in [0.4, 0.5) is 0 Å². The quantitative estimate of drug-likeness (QED) is 0.324. The highest BCUT2D eigenvalue weighted by Crippen LogP contribution is 2.12. The fraction of sp³-hybridized carbons (Fsp3) is 0.647. The molecule has 0 aliphatic rings. The van der Waals surface area contributed by atoms with Gasteiger partial charge in [0.25, 0.3) is 5.91 Å². The molecule has 1 amide bonds. The van der Waals surface area contributed by atoms with Gasteiger partial charge in [0.15, 0.2) is 0 Å². The van der Waals surface area contributed by atoms with E-state index in [2.05, 4.69) is 0 Å². The van der Waals surface area contributed by atoms with E-state index < -0.39 is 31.6 Å². The standard InChI is InChI=1S/C17H31NO3Si/c1-9-18(10-2)16(20)14(11-12-22(6,7)8)13-15(19)21-17(3,4)5/h11-13H,9-10H2,1-8H3/b12-11+,14-13-/i12D,13D. The lowest BCUT2D eigenvalue weighted by Gasteiger charge is -2.21. The molecule has 5 heteroatoms. The monoisotopic (exact) mass is 327 g/mol. The van der Waals surface area contributed by atoms with Crippen LogP contribution in [-0.4, -0.2) is 43.5 Å². The van der Waals surface area contributed by atoms with E-state index in [4.69, 9.17) is 7.48 Å². The Labute approximate surface area is 139 Å². The van der Waals surface area contributed by atoms with Crippen LogP contribution >= 0.6 is 0 Å². The molecule has 0 unspecified atom stereocenters. The molecule has 0 radical (unpaired) electrons. The van der Waals surface area contributed by atoms with Gasteiger partial charge in [0.1, 0.15) is 5.60 Å². The lowest BCUT2D eigenvalue weighted by Crippen LogP contribution is -2.32. The molecule has 0 aromatic heterocycles. The van der Waals surface area contributed by atoms with Crippen molar-refractivity contribution in [2.24, 2.45) is 0 Å². The smallest absolute Gasteiger partial charge is 0.332 e. The molecule has 4 nitrogen and oxygen atoms in total. The second-order valence-corrected chi connectivity index (χ2v) is 11.8. The molecule has 0 aromatic carbocycles. The first-order valence-corrected chi connectivity index (χ1v) is 11.2. The van der Waals surface area contributed by atoms with Gasteiger partial charge in [0, 0.05) is 24.7 Å². The summed E-state index contributed by atoms with van der Waals surface area (Å²) in [5.41, 5.74) is -0.509. The predicted molar refractivity (Wildman–Crippen MR) is 94.3 cm³/mol. The molecule has 22 heavy (non-hydrogen) atoms. The number of nitrogens with zero attached hydrogens (tertiary/aromatic N) is 1. The molecule has 0 saturated carbocycles. The number of carbonyl (C=O) groups is 2. The molecule has 0 aliphatic heterocycles. The Kier molecular flexibility index (Phi) is 6.43. The molecular formula is C17H31NO3Si. The lowest BCUT2D eigenvalue weighted by molar-refractivity contribution is -0.148. The van der Waals surface area contributed by atoms with Gasteiger partial charge in [0.2, 0.25) is 0 Å². The Balaban J connectivity index is 6.09. The number of amides is 1. The highest BCUT2D eigenvalue weighted by Gasteiger charge is 2.19. The summed E-state index contributed by atoms with van der Waals surface area (Å²) in [6.07, 6.45) is 1.37. The number of rotatable bonds is 6. The molecule has 126 valence electrons. The Morgan fingerprint density at radius 2 is 1.68 bits per heavy atom. The zero-order valence-corrected chi connectivity index (χ0v) is 16.2. The summed E-state index contributed by atoms with van der Waals surface area (Å²) in [6, 6.07) is -0.496. The van der Waals surface area contributed by atoms with Crippen LogP contribution in [0.15, 0.2) is 23.4 Å². The van der Waals surface area contributed by atoms with Gasteiger partial charge in [-0.3, -0.25) is 4.79 Å². The van der Waals surface area contributed by atoms with Gasteiger partial charge in [-0.2, -0.15) is 0 Å². The molecule has 0 rings (SSSR count). The lowest BCUT2D eigenvalue weighted by atomic mass is 10.2. The van der Waals surface area contributed by atoms with Crippen molar-refractivity contribution >= 4 is 20.0 Å². The van der Waals surface area contributed by atoms with Crippen LogP contribution in [0.5, 0.6) is 0 Å². The fourth-order valence-electron chi connectivity index (χ4n) is 1.53. The highest BCUT2D eigenvalue weighted by molar-refractivity contribution is 6.81. The van der Waals surface area contributed by atoms with Crippen molar-refractivity contribution in [1.82, 2.24) is 4.90 Å². The van der Waals surface area contributed by atoms with E-state index in [0.29, 0.717) is 18.8 Å². The third kappa shape index (κ3) is 8.82. The van der Waals surface area contributed by atoms with Crippen molar-refractivity contribution in [3.63, 3.8) is 0 Å². The molecule has 0 N–H and O–H groups in total. The second kappa shape index (κ2) is 8.32. The van der Waals surface area contributed by atoms with Gasteiger partial charge in [-0.05, 0) is 34.6 Å². The van der Waals surface area contributed by atoms with Gasteiger partial charge in [0.05, 0.1) is 10.8 Å². The van der Waals surface area contributed by atoms with Crippen LogP contribution in [-0.2, 0) is 14.3 Å². The van der Waals surface area contributed by atoms with E-state index in [0.717, 1.165) is 0 Å². The molecule has 0 spiro atoms. The molecule has 0 heterocycles. The minimum atomic E-state index is -1.96. The predicted octanol–water partition coefficient (Wildman–Crippen LogP) is 3.56. The average Bonchev–Trinajstić information content (AvgIpc) is 2.41. The largest absolute Gasteiger partial charge is 0.457 e. The summed E-state index contributed by atoms with van der Waals surface area (Å²) < 4.78 is 21.5. The number of hydrogen-bond donors (Lipinski definition) is 0. The van der Waals surface area contributed by atoms with Crippen LogP contribution < -0.4 is 0 Å². The number of ether oxygens (including phenoxy) is 1. The SMILES string of the molecule is [2H]/C(C(=O)OC(C)(C)C)=C(\C=C(/[2H])[Si](C)(C)C)C(=O)N(CC)CC. The molecule has 0 bridgehead atoms. The molecule has 0 atom stereocenters. The van der Waals surface area contributed by atoms with Crippen molar-refractivity contribution < 1.29 is 17.1 Å². The summed E-state index contributed by atoms with van der Waals surface area (Å²) in [5, 5.41) is 0. The van der Waals surface area contributed by atoms with Crippen molar-refractivity contribution in [3.05, 3.63) is 23.4 Å². The fourth-order valence-corrected chi connectivity index (χ4v) is 2.11. The van der Waals surface area contributed by atoms with Gasteiger partial charge in [-0.15, -0.1) is 0 Å². The van der Waals surface area contributed by atoms with E-state index >= 15 is 0 Å². The third-order valence-corrected chi connectivity index (χ3v) is 3.58. The minimum absolute atomic E-state index is 0.0691. The average molecular weight is 328 g/mol. The Bertz CT molecular complexity index is 539. The Morgan fingerprint density at radius 3 is 2.05 bits per heavy atom. The van der Waals surface area contributed by atoms with Crippen LogP contribution in [0, 0.1) is 0 Å². The molecule has 0 saturated heterocycles.